The largest absolute Gasteiger partial charge is 0.418 e. The van der Waals surface area contributed by atoms with E-state index < -0.39 is 34.0 Å². The van der Waals surface area contributed by atoms with Crippen molar-refractivity contribution in [3.8, 4) is 0 Å². The number of nitro benzene ring substituents is 1. The van der Waals surface area contributed by atoms with E-state index in [0.717, 1.165) is 17.8 Å². The Morgan fingerprint density at radius 3 is 2.57 bits per heavy atom. The molecule has 1 aromatic heterocycles. The number of hydrogen-bond acceptors (Lipinski definition) is 6. The first-order valence-corrected chi connectivity index (χ1v) is 7.06. The van der Waals surface area contributed by atoms with Crippen LogP contribution in [0, 0.1) is 10.1 Å². The number of rotatable bonds is 4. The van der Waals surface area contributed by atoms with E-state index in [1.54, 1.807) is 0 Å². The Hall–Kier alpha value is -1.85. The van der Waals surface area contributed by atoms with Gasteiger partial charge in [0.1, 0.15) is 6.61 Å². The second-order valence-electron chi connectivity index (χ2n) is 4.27. The molecule has 0 unspecified atom stereocenters. The number of aliphatic hydroxyl groups is 1. The lowest BCUT2D eigenvalue weighted by Crippen LogP contribution is -2.07. The van der Waals surface area contributed by atoms with Gasteiger partial charge in [0, 0.05) is 13.1 Å². The van der Waals surface area contributed by atoms with Crippen LogP contribution in [-0.4, -0.2) is 24.8 Å². The van der Waals surface area contributed by atoms with Gasteiger partial charge in [0.15, 0.2) is 11.0 Å². The Balaban J connectivity index is 2.51. The van der Waals surface area contributed by atoms with Gasteiger partial charge >= 0.3 is 6.18 Å². The molecule has 0 bridgehead atoms. The summed E-state index contributed by atoms with van der Waals surface area (Å²) >= 11 is 6.31. The van der Waals surface area contributed by atoms with Gasteiger partial charge in [-0.05, 0) is 17.8 Å². The van der Waals surface area contributed by atoms with Crippen LogP contribution in [0.4, 0.5) is 18.9 Å². The smallest absolute Gasteiger partial charge is 0.388 e. The van der Waals surface area contributed by atoms with Crippen molar-refractivity contribution >= 4 is 29.1 Å². The number of hydrogen-bond donors (Lipinski definition) is 1. The quantitative estimate of drug-likeness (QED) is 0.658. The molecule has 2 rings (SSSR count). The lowest BCUT2D eigenvalue weighted by Gasteiger charge is -2.10. The van der Waals surface area contributed by atoms with Gasteiger partial charge in [0.2, 0.25) is 0 Å². The van der Waals surface area contributed by atoms with Crippen LogP contribution in [0.25, 0.3) is 0 Å². The summed E-state index contributed by atoms with van der Waals surface area (Å²) in [6, 6.07) is 1.24. The third-order valence-electron chi connectivity index (χ3n) is 2.82. The maximum atomic E-state index is 12.8. The van der Waals surface area contributed by atoms with E-state index in [4.69, 9.17) is 16.7 Å². The van der Waals surface area contributed by atoms with E-state index in [-0.39, 0.29) is 15.9 Å². The SMILES string of the molecule is Cn1c(CO)nnc1Sc1cc(Cl)c(C(F)(F)F)cc1[N+](=O)[O-]. The molecule has 2 aromatic rings. The first kappa shape index (κ1) is 17.5. The van der Waals surface area contributed by atoms with Gasteiger partial charge in [0.25, 0.3) is 5.69 Å². The molecule has 1 heterocycles. The zero-order chi connectivity index (χ0) is 17.4. The Kier molecular flexibility index (Phi) is 4.82. The summed E-state index contributed by atoms with van der Waals surface area (Å²) in [6.45, 7) is -0.403. The number of nitrogens with zero attached hydrogens (tertiary/aromatic N) is 4. The molecular formula is C11H8ClF3N4O3S. The average Bonchev–Trinajstić information content (AvgIpc) is 2.78. The highest BCUT2D eigenvalue weighted by molar-refractivity contribution is 7.99. The second-order valence-corrected chi connectivity index (χ2v) is 5.69. The molecular weight excluding hydrogens is 361 g/mol. The number of nitro groups is 1. The molecule has 12 heteroatoms. The summed E-state index contributed by atoms with van der Waals surface area (Å²) in [5.74, 6) is 0.202. The fourth-order valence-electron chi connectivity index (χ4n) is 1.66. The molecule has 1 N–H and O–H groups in total. The van der Waals surface area contributed by atoms with Crippen molar-refractivity contribution < 1.29 is 23.2 Å². The molecule has 124 valence electrons. The molecule has 0 aliphatic carbocycles. The number of aliphatic hydroxyl groups excluding tert-OH is 1. The highest BCUT2D eigenvalue weighted by atomic mass is 35.5. The Labute approximate surface area is 136 Å². The molecule has 0 radical (unpaired) electrons. The van der Waals surface area contributed by atoms with Crippen LogP contribution in [0.3, 0.4) is 0 Å². The minimum absolute atomic E-state index is 0.118. The highest BCUT2D eigenvalue weighted by Crippen LogP contribution is 2.42. The number of alkyl halides is 3. The van der Waals surface area contributed by atoms with Crippen LogP contribution >= 0.6 is 23.4 Å². The van der Waals surface area contributed by atoms with Gasteiger partial charge in [-0.25, -0.2) is 0 Å². The van der Waals surface area contributed by atoms with Crippen LogP contribution in [0.15, 0.2) is 22.2 Å². The van der Waals surface area contributed by atoms with E-state index >= 15 is 0 Å². The monoisotopic (exact) mass is 368 g/mol. The Morgan fingerprint density at radius 1 is 1.43 bits per heavy atom. The molecule has 0 saturated carbocycles. The summed E-state index contributed by atoms with van der Waals surface area (Å²) in [5, 5.41) is 26.9. The van der Waals surface area contributed by atoms with E-state index in [0.29, 0.717) is 6.07 Å². The van der Waals surface area contributed by atoms with Gasteiger partial charge in [0.05, 0.1) is 20.4 Å². The van der Waals surface area contributed by atoms with Crippen LogP contribution in [-0.2, 0) is 19.8 Å². The van der Waals surface area contributed by atoms with Crippen LogP contribution in [0.2, 0.25) is 5.02 Å². The van der Waals surface area contributed by atoms with Crippen molar-refractivity contribution in [2.24, 2.45) is 7.05 Å². The minimum atomic E-state index is -4.81. The first-order valence-electron chi connectivity index (χ1n) is 5.87. The van der Waals surface area contributed by atoms with Crippen molar-refractivity contribution in [1.82, 2.24) is 14.8 Å². The number of benzene rings is 1. The number of halogens is 4. The van der Waals surface area contributed by atoms with Crippen molar-refractivity contribution in [1.29, 1.82) is 0 Å². The summed E-state index contributed by atoms with van der Waals surface area (Å²) in [7, 11) is 1.51. The fourth-order valence-corrected chi connectivity index (χ4v) is 2.93. The number of aromatic nitrogens is 3. The lowest BCUT2D eigenvalue weighted by atomic mass is 10.2. The van der Waals surface area contributed by atoms with Crippen molar-refractivity contribution in [3.63, 3.8) is 0 Å². The normalized spacial score (nSPS) is 11.7. The van der Waals surface area contributed by atoms with Gasteiger partial charge in [-0.3, -0.25) is 10.1 Å². The topological polar surface area (TPSA) is 94.1 Å². The molecule has 1 aromatic carbocycles. The molecule has 0 aliphatic rings. The third kappa shape index (κ3) is 3.57. The maximum absolute atomic E-state index is 12.8. The molecule has 0 aliphatic heterocycles. The van der Waals surface area contributed by atoms with E-state index in [2.05, 4.69) is 10.2 Å². The van der Waals surface area contributed by atoms with Crippen LogP contribution in [0.1, 0.15) is 11.4 Å². The Morgan fingerprint density at radius 2 is 2.09 bits per heavy atom. The predicted molar refractivity (Wildman–Crippen MR) is 74.2 cm³/mol. The standard InChI is InChI=1S/C11H8ClF3N4O3S/c1-18-9(4-20)16-17-10(18)23-8-3-6(12)5(11(13,14)15)2-7(8)19(21)22/h2-3,20H,4H2,1H3. The van der Waals surface area contributed by atoms with Gasteiger partial charge in [-0.2, -0.15) is 13.2 Å². The minimum Gasteiger partial charge on any atom is -0.388 e. The fraction of sp³-hybridized carbons (Fsp3) is 0.273. The second kappa shape index (κ2) is 6.34. The van der Waals surface area contributed by atoms with Crippen molar-refractivity contribution in [3.05, 3.63) is 38.7 Å². The molecule has 0 amide bonds. The van der Waals surface area contributed by atoms with E-state index in [1.165, 1.54) is 11.6 Å². The summed E-state index contributed by atoms with van der Waals surface area (Å²) < 4.78 is 39.7. The zero-order valence-corrected chi connectivity index (χ0v) is 12.9. The summed E-state index contributed by atoms with van der Waals surface area (Å²) in [6.07, 6.45) is -4.81. The first-order chi connectivity index (χ1) is 10.6. The third-order valence-corrected chi connectivity index (χ3v) is 4.22. The maximum Gasteiger partial charge on any atom is 0.418 e. The molecule has 0 fully saturated rings. The summed E-state index contributed by atoms with van der Waals surface area (Å²) in [4.78, 5) is 10.00. The lowest BCUT2D eigenvalue weighted by molar-refractivity contribution is -0.388. The molecule has 23 heavy (non-hydrogen) atoms. The van der Waals surface area contributed by atoms with Gasteiger partial charge in [-0.1, -0.05) is 11.6 Å². The highest BCUT2D eigenvalue weighted by Gasteiger charge is 2.36. The molecule has 0 saturated heterocycles. The van der Waals surface area contributed by atoms with E-state index in [1.807, 2.05) is 0 Å². The molecule has 7 nitrogen and oxygen atoms in total. The molecule has 0 atom stereocenters. The summed E-state index contributed by atoms with van der Waals surface area (Å²) in [5.41, 5.74) is -2.04. The molecule has 0 spiro atoms. The van der Waals surface area contributed by atoms with Gasteiger partial charge < -0.3 is 9.67 Å². The zero-order valence-electron chi connectivity index (χ0n) is 11.3. The van der Waals surface area contributed by atoms with Crippen molar-refractivity contribution in [2.75, 3.05) is 0 Å². The van der Waals surface area contributed by atoms with Gasteiger partial charge in [-0.15, -0.1) is 10.2 Å². The Bertz CT molecular complexity index is 766. The predicted octanol–water partition coefficient (Wildman–Crippen LogP) is 3.04. The average molecular weight is 369 g/mol. The van der Waals surface area contributed by atoms with Crippen LogP contribution < -0.4 is 0 Å². The van der Waals surface area contributed by atoms with Crippen LogP contribution in [0.5, 0.6) is 0 Å². The van der Waals surface area contributed by atoms with Crippen molar-refractivity contribution in [2.45, 2.75) is 22.8 Å². The van der Waals surface area contributed by atoms with E-state index in [9.17, 15) is 23.3 Å².